The molecule has 1 saturated heterocycles. The predicted molar refractivity (Wildman–Crippen MR) is 130 cm³/mol. The highest BCUT2D eigenvalue weighted by molar-refractivity contribution is 8.00. The molecule has 0 saturated carbocycles. The van der Waals surface area contributed by atoms with E-state index in [0.717, 1.165) is 65.1 Å². The van der Waals surface area contributed by atoms with Crippen LogP contribution in [0.4, 0.5) is 9.52 Å². The van der Waals surface area contributed by atoms with Gasteiger partial charge >= 0.3 is 0 Å². The molecule has 2 aromatic carbocycles. The lowest BCUT2D eigenvalue weighted by Gasteiger charge is -2.27. The Morgan fingerprint density at radius 1 is 1.16 bits per heavy atom. The molecule has 0 aliphatic carbocycles. The maximum absolute atomic E-state index is 13.3. The highest BCUT2D eigenvalue weighted by Gasteiger charge is 2.21. The van der Waals surface area contributed by atoms with Crippen molar-refractivity contribution in [2.24, 2.45) is 0 Å². The van der Waals surface area contributed by atoms with Gasteiger partial charge in [-0.15, -0.1) is 11.8 Å². The molecule has 0 radical (unpaired) electrons. The summed E-state index contributed by atoms with van der Waals surface area (Å²) >= 11 is 3.01. The quantitative estimate of drug-likeness (QED) is 0.436. The summed E-state index contributed by atoms with van der Waals surface area (Å²) in [5.74, 6) is 0.0400. The molecular weight excluding hydrogens is 445 g/mol. The molecule has 0 atom stereocenters. The molecule has 1 aromatic heterocycles. The fourth-order valence-corrected chi connectivity index (χ4v) is 5.65. The molecule has 4 rings (SSSR count). The van der Waals surface area contributed by atoms with Crippen LogP contribution in [0.2, 0.25) is 0 Å². The van der Waals surface area contributed by atoms with Gasteiger partial charge in [-0.1, -0.05) is 23.5 Å². The number of carbonyl (C=O) groups excluding carboxylic acids is 1. The van der Waals surface area contributed by atoms with Crippen LogP contribution in [0.15, 0.2) is 41.3 Å². The predicted octanol–water partition coefficient (Wildman–Crippen LogP) is 4.90. The summed E-state index contributed by atoms with van der Waals surface area (Å²) in [5, 5.41) is 0.754. The molecular formula is C24H28FN3O2S2. The van der Waals surface area contributed by atoms with Crippen LogP contribution in [0.25, 0.3) is 10.2 Å². The maximum Gasteiger partial charge on any atom is 0.239 e. The highest BCUT2D eigenvalue weighted by Crippen LogP contribution is 2.33. The number of aromatic nitrogens is 1. The van der Waals surface area contributed by atoms with Crippen LogP contribution in [0.5, 0.6) is 0 Å². The van der Waals surface area contributed by atoms with Gasteiger partial charge in [-0.25, -0.2) is 9.37 Å². The summed E-state index contributed by atoms with van der Waals surface area (Å²) in [6, 6.07) is 10.4. The Kier molecular flexibility index (Phi) is 7.78. The van der Waals surface area contributed by atoms with Crippen molar-refractivity contribution in [2.75, 3.05) is 50.0 Å². The van der Waals surface area contributed by atoms with Crippen LogP contribution in [0.1, 0.15) is 17.5 Å². The second-order valence-corrected chi connectivity index (χ2v) is 10.00. The zero-order chi connectivity index (χ0) is 22.5. The van der Waals surface area contributed by atoms with Gasteiger partial charge < -0.3 is 4.74 Å². The third-order valence-electron chi connectivity index (χ3n) is 5.60. The Morgan fingerprint density at radius 3 is 2.59 bits per heavy atom. The smallest absolute Gasteiger partial charge is 0.239 e. The zero-order valence-corrected chi connectivity index (χ0v) is 20.1. The number of benzene rings is 2. The largest absolute Gasteiger partial charge is 0.379 e. The van der Waals surface area contributed by atoms with E-state index in [1.165, 1.54) is 29.5 Å². The first kappa shape index (κ1) is 23.2. The van der Waals surface area contributed by atoms with Crippen LogP contribution in [0.3, 0.4) is 0 Å². The van der Waals surface area contributed by atoms with E-state index >= 15 is 0 Å². The summed E-state index contributed by atoms with van der Waals surface area (Å²) in [6.07, 6.45) is 0.876. The van der Waals surface area contributed by atoms with Gasteiger partial charge in [0.15, 0.2) is 5.13 Å². The van der Waals surface area contributed by atoms with Crippen LogP contribution >= 0.6 is 23.1 Å². The lowest BCUT2D eigenvalue weighted by molar-refractivity contribution is -0.116. The number of carbonyl (C=O) groups is 1. The summed E-state index contributed by atoms with van der Waals surface area (Å²) < 4.78 is 19.8. The third-order valence-corrected chi connectivity index (χ3v) is 7.81. The van der Waals surface area contributed by atoms with Gasteiger partial charge in [-0.2, -0.15) is 0 Å². The van der Waals surface area contributed by atoms with E-state index in [0.29, 0.717) is 6.54 Å². The van der Waals surface area contributed by atoms with Crippen molar-refractivity contribution >= 4 is 44.4 Å². The van der Waals surface area contributed by atoms with Gasteiger partial charge in [0, 0.05) is 31.1 Å². The fourth-order valence-electron chi connectivity index (χ4n) is 3.72. The van der Waals surface area contributed by atoms with Gasteiger partial charge in [0.1, 0.15) is 5.82 Å². The normalized spacial score (nSPS) is 14.7. The fraction of sp³-hybridized carbons (Fsp3) is 0.417. The Morgan fingerprint density at radius 2 is 1.88 bits per heavy atom. The van der Waals surface area contributed by atoms with Gasteiger partial charge in [-0.05, 0) is 55.7 Å². The second-order valence-electron chi connectivity index (χ2n) is 7.97. The number of ether oxygens (including phenoxy) is 1. The molecule has 8 heteroatoms. The van der Waals surface area contributed by atoms with E-state index in [9.17, 15) is 9.18 Å². The number of hydrogen-bond acceptors (Lipinski definition) is 6. The van der Waals surface area contributed by atoms with E-state index in [2.05, 4.69) is 30.9 Å². The number of thiazole rings is 1. The lowest BCUT2D eigenvalue weighted by Crippen LogP contribution is -2.39. The number of anilines is 1. The molecule has 0 spiro atoms. The zero-order valence-electron chi connectivity index (χ0n) is 18.5. The monoisotopic (exact) mass is 473 g/mol. The molecule has 5 nitrogen and oxygen atoms in total. The van der Waals surface area contributed by atoms with E-state index < -0.39 is 0 Å². The SMILES string of the molecule is Cc1ccc(C)c2sc(N(CCCN3CCOCC3)C(=O)CSc3ccc(F)cc3)nc12. The summed E-state index contributed by atoms with van der Waals surface area (Å²) in [5.41, 5.74) is 3.27. The molecule has 32 heavy (non-hydrogen) atoms. The van der Waals surface area contributed by atoms with Gasteiger partial charge in [0.05, 0.1) is 29.2 Å². The van der Waals surface area contributed by atoms with Crippen LogP contribution in [-0.2, 0) is 9.53 Å². The molecule has 1 fully saturated rings. The van der Waals surface area contributed by atoms with Crippen molar-refractivity contribution in [3.05, 3.63) is 53.3 Å². The third kappa shape index (κ3) is 5.67. The number of thioether (sulfide) groups is 1. The number of nitrogens with zero attached hydrogens (tertiary/aromatic N) is 3. The summed E-state index contributed by atoms with van der Waals surface area (Å²) in [7, 11) is 0. The number of fused-ring (bicyclic) bond motifs is 1. The average Bonchev–Trinajstić information content (AvgIpc) is 3.26. The van der Waals surface area contributed by atoms with Crippen LogP contribution in [0, 0.1) is 19.7 Å². The minimum Gasteiger partial charge on any atom is -0.379 e. The van der Waals surface area contributed by atoms with Crippen LogP contribution < -0.4 is 4.90 Å². The standard InChI is InChI=1S/C24H28FN3O2S2/c1-17-4-5-18(2)23-22(17)26-24(32-23)28(11-3-10-27-12-14-30-15-13-27)21(29)16-31-20-8-6-19(25)7-9-20/h4-9H,3,10-16H2,1-2H3. The maximum atomic E-state index is 13.3. The van der Waals surface area contributed by atoms with E-state index in [1.54, 1.807) is 23.5 Å². The minimum absolute atomic E-state index is 0.0238. The van der Waals surface area contributed by atoms with Crippen molar-refractivity contribution in [3.8, 4) is 0 Å². The first-order valence-electron chi connectivity index (χ1n) is 10.9. The number of rotatable bonds is 8. The Bertz CT molecular complexity index is 1030. The molecule has 1 amide bonds. The Balaban J connectivity index is 1.50. The first-order valence-corrected chi connectivity index (χ1v) is 12.7. The summed E-state index contributed by atoms with van der Waals surface area (Å²) in [4.78, 5) is 23.2. The van der Waals surface area contributed by atoms with Crippen molar-refractivity contribution in [2.45, 2.75) is 25.2 Å². The second kappa shape index (κ2) is 10.7. The van der Waals surface area contributed by atoms with Crippen molar-refractivity contribution in [3.63, 3.8) is 0 Å². The molecule has 0 N–H and O–H groups in total. The van der Waals surface area contributed by atoms with Gasteiger partial charge in [0.25, 0.3) is 0 Å². The molecule has 1 aliphatic heterocycles. The Labute approximate surface area is 196 Å². The first-order chi connectivity index (χ1) is 15.5. The Hall–Kier alpha value is -2.00. The van der Waals surface area contributed by atoms with Gasteiger partial charge in [0.2, 0.25) is 5.91 Å². The molecule has 2 heterocycles. The topological polar surface area (TPSA) is 45.7 Å². The number of morpholine rings is 1. The number of hydrogen-bond donors (Lipinski definition) is 0. The van der Waals surface area contributed by atoms with Gasteiger partial charge in [-0.3, -0.25) is 14.6 Å². The van der Waals surface area contributed by atoms with Crippen molar-refractivity contribution in [1.29, 1.82) is 0 Å². The molecule has 3 aromatic rings. The number of amides is 1. The highest BCUT2D eigenvalue weighted by atomic mass is 32.2. The average molecular weight is 474 g/mol. The molecule has 0 bridgehead atoms. The van der Waals surface area contributed by atoms with Crippen LogP contribution in [-0.4, -0.2) is 60.9 Å². The van der Waals surface area contributed by atoms with E-state index in [1.807, 2.05) is 4.90 Å². The lowest BCUT2D eigenvalue weighted by atomic mass is 10.1. The number of halogens is 1. The molecule has 170 valence electrons. The molecule has 1 aliphatic rings. The number of aryl methyl sites for hydroxylation is 2. The van der Waals surface area contributed by atoms with E-state index in [-0.39, 0.29) is 17.5 Å². The minimum atomic E-state index is -0.273. The van der Waals surface area contributed by atoms with E-state index in [4.69, 9.17) is 9.72 Å². The van der Waals surface area contributed by atoms with Crippen molar-refractivity contribution in [1.82, 2.24) is 9.88 Å². The van der Waals surface area contributed by atoms with Crippen molar-refractivity contribution < 1.29 is 13.9 Å². The molecule has 0 unspecified atom stereocenters. The summed E-state index contributed by atoms with van der Waals surface area (Å²) in [6.45, 7) is 9.11.